The monoisotopic (exact) mass is 431 g/mol. The Kier molecular flexibility index (Phi) is 5.02. The van der Waals surface area contributed by atoms with Crippen LogP contribution in [0.5, 0.6) is 0 Å². The van der Waals surface area contributed by atoms with Gasteiger partial charge in [0.15, 0.2) is 11.0 Å². The Bertz CT molecular complexity index is 1290. The summed E-state index contributed by atoms with van der Waals surface area (Å²) in [6.07, 6.45) is 4.06. The van der Waals surface area contributed by atoms with Crippen LogP contribution < -0.4 is 0 Å². The van der Waals surface area contributed by atoms with E-state index in [2.05, 4.69) is 51.1 Å². The lowest BCUT2D eigenvalue weighted by atomic mass is 10.2. The summed E-state index contributed by atoms with van der Waals surface area (Å²) < 4.78 is 4.12. The van der Waals surface area contributed by atoms with Gasteiger partial charge in [0.25, 0.3) is 0 Å². The van der Waals surface area contributed by atoms with Crippen LogP contribution in [0.4, 0.5) is 0 Å². The summed E-state index contributed by atoms with van der Waals surface area (Å²) in [5, 5.41) is 10.5. The molecule has 0 aliphatic heterocycles. The van der Waals surface area contributed by atoms with Crippen LogP contribution in [-0.2, 0) is 5.75 Å². The van der Waals surface area contributed by atoms with Gasteiger partial charge in [0.05, 0.1) is 5.69 Å². The number of imidazole rings is 1. The first kappa shape index (κ1) is 18.9. The molecule has 0 N–H and O–H groups in total. The Morgan fingerprint density at radius 3 is 2.63 bits per heavy atom. The minimum Gasteiger partial charge on any atom is -0.307 e. The van der Waals surface area contributed by atoms with Gasteiger partial charge in [0, 0.05) is 34.4 Å². The number of thioether (sulfide) groups is 1. The fourth-order valence-electron chi connectivity index (χ4n) is 3.34. The number of nitrogens with zero attached hydrogens (tertiary/aromatic N) is 5. The summed E-state index contributed by atoms with van der Waals surface area (Å²) in [5.74, 6) is 1.49. The number of fused-ring (bicyclic) bond motifs is 1. The van der Waals surface area contributed by atoms with E-state index in [1.54, 1.807) is 11.8 Å². The van der Waals surface area contributed by atoms with Gasteiger partial charge < -0.3 is 4.40 Å². The van der Waals surface area contributed by atoms with Gasteiger partial charge in [0.2, 0.25) is 0 Å². The molecule has 3 aromatic heterocycles. The minimum absolute atomic E-state index is 0.696. The summed E-state index contributed by atoms with van der Waals surface area (Å²) in [6, 6.07) is 22.0. The Balaban J connectivity index is 1.53. The highest BCUT2D eigenvalue weighted by Gasteiger charge is 2.17. The SMILES string of the molecule is Cc1cccc(-n2c(SCc3cn4ccccc4n3)nnc2-c2ccc(Cl)cc2)c1. The number of halogens is 1. The van der Waals surface area contributed by atoms with Crippen LogP contribution in [0.15, 0.2) is 84.3 Å². The molecule has 148 valence electrons. The number of aryl methyl sites for hydroxylation is 1. The molecule has 0 atom stereocenters. The van der Waals surface area contributed by atoms with E-state index in [9.17, 15) is 0 Å². The van der Waals surface area contributed by atoms with Gasteiger partial charge in [-0.2, -0.15) is 0 Å². The lowest BCUT2D eigenvalue weighted by Crippen LogP contribution is -2.00. The molecule has 0 unspecified atom stereocenters. The van der Waals surface area contributed by atoms with E-state index in [1.807, 2.05) is 59.1 Å². The normalized spacial score (nSPS) is 11.3. The van der Waals surface area contributed by atoms with Crippen LogP contribution in [0.2, 0.25) is 5.02 Å². The molecule has 0 radical (unpaired) electrons. The molecule has 0 saturated heterocycles. The van der Waals surface area contributed by atoms with E-state index in [1.165, 1.54) is 5.56 Å². The zero-order valence-corrected chi connectivity index (χ0v) is 17.8. The maximum absolute atomic E-state index is 6.08. The molecule has 0 aliphatic carbocycles. The second-order valence-corrected chi connectivity index (χ2v) is 8.35. The summed E-state index contributed by atoms with van der Waals surface area (Å²) in [7, 11) is 0. The van der Waals surface area contributed by atoms with Gasteiger partial charge in [-0.3, -0.25) is 4.57 Å². The van der Waals surface area contributed by atoms with Gasteiger partial charge in [-0.25, -0.2) is 4.98 Å². The van der Waals surface area contributed by atoms with Crippen LogP contribution >= 0.6 is 23.4 Å². The van der Waals surface area contributed by atoms with Crippen LogP contribution in [-0.4, -0.2) is 24.1 Å². The van der Waals surface area contributed by atoms with E-state index in [0.29, 0.717) is 10.8 Å². The van der Waals surface area contributed by atoms with Gasteiger partial charge in [0.1, 0.15) is 5.65 Å². The third-order valence-electron chi connectivity index (χ3n) is 4.76. The topological polar surface area (TPSA) is 48.0 Å². The van der Waals surface area contributed by atoms with Crippen molar-refractivity contribution < 1.29 is 0 Å². The molecule has 0 fully saturated rings. The number of hydrogen-bond donors (Lipinski definition) is 0. The van der Waals surface area contributed by atoms with Crippen molar-refractivity contribution >= 4 is 29.0 Å². The van der Waals surface area contributed by atoms with E-state index in [0.717, 1.165) is 33.6 Å². The number of aromatic nitrogens is 5. The summed E-state index contributed by atoms with van der Waals surface area (Å²) >= 11 is 7.70. The van der Waals surface area contributed by atoms with E-state index in [4.69, 9.17) is 11.6 Å². The van der Waals surface area contributed by atoms with Crippen molar-refractivity contribution in [3.05, 3.63) is 95.4 Å². The summed E-state index contributed by atoms with van der Waals surface area (Å²) in [5.41, 5.74) is 5.11. The van der Waals surface area contributed by atoms with Crippen LogP contribution in [0, 0.1) is 6.92 Å². The number of rotatable bonds is 5. The zero-order valence-electron chi connectivity index (χ0n) is 16.2. The highest BCUT2D eigenvalue weighted by atomic mass is 35.5. The van der Waals surface area contributed by atoms with Gasteiger partial charge >= 0.3 is 0 Å². The quantitative estimate of drug-likeness (QED) is 0.328. The maximum Gasteiger partial charge on any atom is 0.196 e. The van der Waals surface area contributed by atoms with Crippen molar-refractivity contribution in [1.29, 1.82) is 0 Å². The maximum atomic E-state index is 6.08. The van der Waals surface area contributed by atoms with Crippen LogP contribution in [0.3, 0.4) is 0 Å². The summed E-state index contributed by atoms with van der Waals surface area (Å²) in [4.78, 5) is 4.69. The molecule has 3 heterocycles. The first-order valence-electron chi connectivity index (χ1n) is 9.51. The lowest BCUT2D eigenvalue weighted by Gasteiger charge is -2.11. The second-order valence-electron chi connectivity index (χ2n) is 6.97. The zero-order chi connectivity index (χ0) is 20.5. The second kappa shape index (κ2) is 7.97. The molecule has 7 heteroatoms. The molecule has 5 rings (SSSR count). The smallest absolute Gasteiger partial charge is 0.196 e. The molecule has 30 heavy (non-hydrogen) atoms. The molecule has 5 nitrogen and oxygen atoms in total. The van der Waals surface area contributed by atoms with Crippen molar-refractivity contribution in [3.63, 3.8) is 0 Å². The summed E-state index contributed by atoms with van der Waals surface area (Å²) in [6.45, 7) is 2.08. The van der Waals surface area contributed by atoms with Crippen molar-refractivity contribution in [1.82, 2.24) is 24.1 Å². The van der Waals surface area contributed by atoms with E-state index in [-0.39, 0.29) is 0 Å². The Morgan fingerprint density at radius 1 is 0.967 bits per heavy atom. The predicted octanol–water partition coefficient (Wildman–Crippen LogP) is 5.84. The molecule has 0 spiro atoms. The first-order chi connectivity index (χ1) is 14.7. The number of benzene rings is 2. The largest absolute Gasteiger partial charge is 0.307 e. The molecular weight excluding hydrogens is 414 g/mol. The highest BCUT2D eigenvalue weighted by Crippen LogP contribution is 2.30. The first-order valence-corrected chi connectivity index (χ1v) is 10.9. The van der Waals surface area contributed by atoms with Crippen molar-refractivity contribution in [2.45, 2.75) is 17.8 Å². The molecular formula is C23H18ClN5S. The van der Waals surface area contributed by atoms with Crippen molar-refractivity contribution in [2.24, 2.45) is 0 Å². The van der Waals surface area contributed by atoms with Crippen molar-refractivity contribution in [2.75, 3.05) is 0 Å². The van der Waals surface area contributed by atoms with Crippen LogP contribution in [0.1, 0.15) is 11.3 Å². The Labute approximate surface area is 183 Å². The molecule has 0 saturated carbocycles. The molecule has 2 aromatic carbocycles. The van der Waals surface area contributed by atoms with Gasteiger partial charge in [-0.1, -0.05) is 41.6 Å². The average Bonchev–Trinajstić information content (AvgIpc) is 3.36. The number of hydrogen-bond acceptors (Lipinski definition) is 4. The average molecular weight is 432 g/mol. The third-order valence-corrected chi connectivity index (χ3v) is 5.97. The molecule has 0 aliphatic rings. The Hall–Kier alpha value is -3.09. The predicted molar refractivity (Wildman–Crippen MR) is 121 cm³/mol. The fourth-order valence-corrected chi connectivity index (χ4v) is 4.31. The molecule has 5 aromatic rings. The lowest BCUT2D eigenvalue weighted by molar-refractivity contribution is 0.884. The van der Waals surface area contributed by atoms with E-state index < -0.39 is 0 Å². The highest BCUT2D eigenvalue weighted by molar-refractivity contribution is 7.98. The van der Waals surface area contributed by atoms with Crippen molar-refractivity contribution in [3.8, 4) is 17.1 Å². The Morgan fingerprint density at radius 2 is 1.83 bits per heavy atom. The third kappa shape index (κ3) is 3.72. The fraction of sp³-hybridized carbons (Fsp3) is 0.0870. The van der Waals surface area contributed by atoms with Gasteiger partial charge in [-0.05, 0) is 61.0 Å². The van der Waals surface area contributed by atoms with Gasteiger partial charge in [-0.15, -0.1) is 10.2 Å². The van der Waals surface area contributed by atoms with E-state index >= 15 is 0 Å². The number of pyridine rings is 1. The molecule has 0 amide bonds. The van der Waals surface area contributed by atoms with Crippen LogP contribution in [0.25, 0.3) is 22.7 Å². The standard InChI is InChI=1S/C23H18ClN5S/c1-16-5-4-6-20(13-16)29-22(17-8-10-18(24)11-9-17)26-27-23(29)30-15-19-14-28-12-3-2-7-21(28)25-19/h2-14H,15H2,1H3. The molecule has 0 bridgehead atoms. The minimum atomic E-state index is 0.696.